The van der Waals surface area contributed by atoms with Gasteiger partial charge in [0.15, 0.2) is 0 Å². The Morgan fingerprint density at radius 2 is 2.21 bits per heavy atom. The lowest BCUT2D eigenvalue weighted by Crippen LogP contribution is -2.45. The second-order valence-electron chi connectivity index (χ2n) is 5.12. The van der Waals surface area contributed by atoms with E-state index in [1.54, 1.807) is 4.90 Å². The molecule has 1 saturated heterocycles. The van der Waals surface area contributed by atoms with Crippen LogP contribution in [0.5, 0.6) is 0 Å². The van der Waals surface area contributed by atoms with Gasteiger partial charge in [-0.2, -0.15) is 0 Å². The molecule has 6 nitrogen and oxygen atoms in total. The van der Waals surface area contributed by atoms with Crippen LogP contribution in [-0.4, -0.2) is 60.3 Å². The Balaban J connectivity index is 2.49. The summed E-state index contributed by atoms with van der Waals surface area (Å²) >= 11 is 0. The monoisotopic (exact) mass is 272 g/mol. The Labute approximate surface area is 114 Å². The number of rotatable bonds is 6. The molecule has 0 aromatic rings. The summed E-state index contributed by atoms with van der Waals surface area (Å²) in [7, 11) is 1.31. The van der Waals surface area contributed by atoms with Gasteiger partial charge in [0.1, 0.15) is 6.04 Å². The van der Waals surface area contributed by atoms with Crippen LogP contribution in [0.1, 0.15) is 33.1 Å². The van der Waals surface area contributed by atoms with E-state index in [2.05, 4.69) is 12.2 Å². The van der Waals surface area contributed by atoms with Gasteiger partial charge in [0.25, 0.3) is 0 Å². The number of nitrogens with zero attached hydrogens (tertiary/aromatic N) is 1. The number of methoxy groups -OCH3 is 1. The zero-order chi connectivity index (χ0) is 14.4. The maximum absolute atomic E-state index is 11.9. The highest BCUT2D eigenvalue weighted by atomic mass is 16.5. The number of nitrogens with one attached hydrogen (secondary N) is 1. The molecule has 0 aromatic heterocycles. The van der Waals surface area contributed by atoms with Crippen molar-refractivity contribution in [2.45, 2.75) is 51.3 Å². The molecule has 1 heterocycles. The first kappa shape index (κ1) is 15.9. The topological polar surface area (TPSA) is 78.9 Å². The van der Waals surface area contributed by atoms with Crippen LogP contribution in [0.15, 0.2) is 0 Å². The fourth-order valence-electron chi connectivity index (χ4n) is 2.45. The van der Waals surface area contributed by atoms with Crippen LogP contribution in [0.4, 0.5) is 0 Å². The van der Waals surface area contributed by atoms with E-state index in [4.69, 9.17) is 4.74 Å². The summed E-state index contributed by atoms with van der Waals surface area (Å²) in [6, 6.07) is -0.395. The standard InChI is InChI=1S/C13H24N2O4/c1-4-5-9(2)14-12(17)8-15-7-10(16)6-11(15)13(18)19-3/h9-11,16H,4-8H2,1-3H3,(H,14,17). The molecule has 1 rings (SSSR count). The van der Waals surface area contributed by atoms with E-state index >= 15 is 0 Å². The van der Waals surface area contributed by atoms with E-state index in [1.165, 1.54) is 7.11 Å². The number of carbonyl (C=O) groups is 2. The van der Waals surface area contributed by atoms with Gasteiger partial charge in [0.05, 0.1) is 19.8 Å². The van der Waals surface area contributed by atoms with Crippen LogP contribution < -0.4 is 5.32 Å². The number of hydrogen-bond acceptors (Lipinski definition) is 5. The predicted molar refractivity (Wildman–Crippen MR) is 70.5 cm³/mol. The van der Waals surface area contributed by atoms with Crippen molar-refractivity contribution >= 4 is 11.9 Å². The molecule has 0 aromatic carbocycles. The van der Waals surface area contributed by atoms with E-state index in [1.807, 2.05) is 6.92 Å². The quantitative estimate of drug-likeness (QED) is 0.660. The number of aliphatic hydroxyl groups excluding tert-OH is 1. The summed E-state index contributed by atoms with van der Waals surface area (Å²) in [5.74, 6) is -0.519. The van der Waals surface area contributed by atoms with E-state index in [0.717, 1.165) is 12.8 Å². The van der Waals surface area contributed by atoms with Crippen LogP contribution in [0, 0.1) is 0 Å². The molecule has 0 spiro atoms. The van der Waals surface area contributed by atoms with Gasteiger partial charge >= 0.3 is 5.97 Å². The molecule has 3 unspecified atom stereocenters. The van der Waals surface area contributed by atoms with Gasteiger partial charge in [-0.05, 0) is 13.3 Å². The summed E-state index contributed by atoms with van der Waals surface area (Å²) in [5.41, 5.74) is 0. The highest BCUT2D eigenvalue weighted by molar-refractivity contribution is 5.81. The predicted octanol–water partition coefficient (Wildman–Crippen LogP) is -0.101. The molecule has 110 valence electrons. The van der Waals surface area contributed by atoms with E-state index in [9.17, 15) is 14.7 Å². The van der Waals surface area contributed by atoms with Gasteiger partial charge in [0, 0.05) is 19.0 Å². The first-order valence-electron chi connectivity index (χ1n) is 6.77. The minimum absolute atomic E-state index is 0.116. The Bertz CT molecular complexity index is 322. The average Bonchev–Trinajstić information content (AvgIpc) is 2.69. The van der Waals surface area contributed by atoms with Crippen LogP contribution in [0.2, 0.25) is 0 Å². The molecule has 1 aliphatic heterocycles. The zero-order valence-electron chi connectivity index (χ0n) is 11.9. The number of ether oxygens (including phenoxy) is 1. The van der Waals surface area contributed by atoms with Crippen LogP contribution in [-0.2, 0) is 14.3 Å². The highest BCUT2D eigenvalue weighted by Crippen LogP contribution is 2.18. The van der Waals surface area contributed by atoms with Crippen molar-refractivity contribution in [2.75, 3.05) is 20.2 Å². The maximum atomic E-state index is 11.9. The zero-order valence-corrected chi connectivity index (χ0v) is 11.9. The van der Waals surface area contributed by atoms with Crippen molar-refractivity contribution in [1.29, 1.82) is 0 Å². The molecule has 6 heteroatoms. The lowest BCUT2D eigenvalue weighted by Gasteiger charge is -2.22. The maximum Gasteiger partial charge on any atom is 0.323 e. The third kappa shape index (κ3) is 4.80. The number of esters is 1. The summed E-state index contributed by atoms with van der Waals surface area (Å²) in [4.78, 5) is 25.1. The molecular formula is C13H24N2O4. The van der Waals surface area contributed by atoms with Crippen molar-refractivity contribution in [2.24, 2.45) is 0 Å². The molecular weight excluding hydrogens is 248 g/mol. The Morgan fingerprint density at radius 3 is 2.79 bits per heavy atom. The third-order valence-corrected chi connectivity index (χ3v) is 3.33. The van der Waals surface area contributed by atoms with Gasteiger partial charge < -0.3 is 15.2 Å². The van der Waals surface area contributed by atoms with Gasteiger partial charge in [0.2, 0.25) is 5.91 Å². The number of carbonyl (C=O) groups excluding carboxylic acids is 2. The van der Waals surface area contributed by atoms with Gasteiger partial charge in [-0.1, -0.05) is 13.3 Å². The third-order valence-electron chi connectivity index (χ3n) is 3.33. The van der Waals surface area contributed by atoms with Crippen LogP contribution in [0.3, 0.4) is 0 Å². The van der Waals surface area contributed by atoms with Crippen molar-refractivity contribution in [3.63, 3.8) is 0 Å². The number of hydrogen-bond donors (Lipinski definition) is 2. The minimum Gasteiger partial charge on any atom is -0.468 e. The van der Waals surface area contributed by atoms with E-state index in [0.29, 0.717) is 13.0 Å². The first-order chi connectivity index (χ1) is 8.97. The highest BCUT2D eigenvalue weighted by Gasteiger charge is 2.37. The smallest absolute Gasteiger partial charge is 0.323 e. The van der Waals surface area contributed by atoms with E-state index in [-0.39, 0.29) is 18.5 Å². The largest absolute Gasteiger partial charge is 0.468 e. The number of likely N-dealkylation sites (tertiary alicyclic amines) is 1. The second kappa shape index (κ2) is 7.45. The summed E-state index contributed by atoms with van der Waals surface area (Å²) < 4.78 is 4.69. The van der Waals surface area contributed by atoms with Crippen molar-refractivity contribution in [3.05, 3.63) is 0 Å². The fourth-order valence-corrected chi connectivity index (χ4v) is 2.45. The van der Waals surface area contributed by atoms with Crippen molar-refractivity contribution < 1.29 is 19.4 Å². The van der Waals surface area contributed by atoms with Gasteiger partial charge in [-0.3, -0.25) is 14.5 Å². The molecule has 0 aliphatic carbocycles. The molecule has 1 amide bonds. The Morgan fingerprint density at radius 1 is 1.53 bits per heavy atom. The number of aliphatic hydroxyl groups is 1. The Hall–Kier alpha value is -1.14. The normalized spacial score (nSPS) is 25.1. The number of amides is 1. The lowest BCUT2D eigenvalue weighted by atomic mass is 10.2. The Kier molecular flexibility index (Phi) is 6.24. The number of β-amino-alcohol motifs (C(OH)–C–C–N with tert-alkyl or cyclic N) is 1. The van der Waals surface area contributed by atoms with Gasteiger partial charge in [-0.15, -0.1) is 0 Å². The van der Waals surface area contributed by atoms with Gasteiger partial charge in [-0.25, -0.2) is 0 Å². The second-order valence-corrected chi connectivity index (χ2v) is 5.12. The summed E-state index contributed by atoms with van der Waals surface area (Å²) in [6.45, 7) is 4.46. The molecule has 19 heavy (non-hydrogen) atoms. The fraction of sp³-hybridized carbons (Fsp3) is 0.846. The average molecular weight is 272 g/mol. The van der Waals surface area contributed by atoms with Crippen molar-refractivity contribution in [3.8, 4) is 0 Å². The summed E-state index contributed by atoms with van der Waals surface area (Å²) in [6.07, 6.45) is 1.68. The molecule has 1 aliphatic rings. The molecule has 0 bridgehead atoms. The first-order valence-corrected chi connectivity index (χ1v) is 6.77. The molecule has 2 N–H and O–H groups in total. The van der Waals surface area contributed by atoms with Crippen LogP contribution in [0.25, 0.3) is 0 Å². The lowest BCUT2D eigenvalue weighted by molar-refractivity contribution is -0.146. The van der Waals surface area contributed by atoms with Crippen molar-refractivity contribution in [1.82, 2.24) is 10.2 Å². The SMILES string of the molecule is CCCC(C)NC(=O)CN1CC(O)CC1C(=O)OC. The molecule has 1 fully saturated rings. The molecule has 0 radical (unpaired) electrons. The van der Waals surface area contributed by atoms with Crippen LogP contribution >= 0.6 is 0 Å². The van der Waals surface area contributed by atoms with E-state index < -0.39 is 18.1 Å². The molecule has 0 saturated carbocycles. The summed E-state index contributed by atoms with van der Waals surface area (Å²) in [5, 5.41) is 12.5. The molecule has 3 atom stereocenters. The minimum atomic E-state index is -0.579.